The maximum absolute atomic E-state index is 12.8. The Morgan fingerprint density at radius 2 is 2.00 bits per heavy atom. The summed E-state index contributed by atoms with van der Waals surface area (Å²) >= 11 is 0. The molecule has 1 heterocycles. The largest absolute Gasteiger partial charge is 0.479 e. The number of carboxylic acid groups (broad SMARTS) is 1. The van der Waals surface area contributed by atoms with E-state index in [1.165, 1.54) is 0 Å². The van der Waals surface area contributed by atoms with E-state index in [0.29, 0.717) is 6.92 Å². The number of nitrogens with one attached hydrogen (secondary N) is 1. The van der Waals surface area contributed by atoms with Crippen molar-refractivity contribution in [3.8, 4) is 5.88 Å². The van der Waals surface area contributed by atoms with E-state index in [9.17, 15) is 18.0 Å². The maximum atomic E-state index is 12.8. The summed E-state index contributed by atoms with van der Waals surface area (Å²) in [7, 11) is 0. The number of halogens is 3. The highest BCUT2D eigenvalue weighted by Crippen LogP contribution is 2.33. The molecule has 112 valence electrons. The molecule has 2 N–H and O–H groups in total. The van der Waals surface area contributed by atoms with Crippen LogP contribution in [0.2, 0.25) is 0 Å². The van der Waals surface area contributed by atoms with Gasteiger partial charge in [0.15, 0.2) is 0 Å². The Kier molecular flexibility index (Phi) is 4.41. The summed E-state index contributed by atoms with van der Waals surface area (Å²) in [6, 6.07) is 1.10. The normalized spacial score (nSPS) is 14.8. The van der Waals surface area contributed by atoms with Gasteiger partial charge in [-0.25, -0.2) is 14.8 Å². The minimum Gasteiger partial charge on any atom is -0.479 e. The van der Waals surface area contributed by atoms with Gasteiger partial charge < -0.3 is 15.2 Å². The number of aliphatic carboxylic acids is 1. The number of ether oxygens (including phenoxy) is 1. The average molecular weight is 293 g/mol. The standard InChI is InChI=1S/C11H14F3N3O3/c1-6(2)20-8-4-7(15-5-16-8)17-10(3,9(18)19)11(12,13)14/h4-6H,1-3H3,(H,18,19)(H,15,16,17). The van der Waals surface area contributed by atoms with Crippen LogP contribution >= 0.6 is 0 Å². The number of alkyl halides is 3. The number of hydrogen-bond donors (Lipinski definition) is 2. The Morgan fingerprint density at radius 1 is 1.40 bits per heavy atom. The summed E-state index contributed by atoms with van der Waals surface area (Å²) in [5.41, 5.74) is -3.16. The zero-order valence-electron chi connectivity index (χ0n) is 11.0. The van der Waals surface area contributed by atoms with Gasteiger partial charge in [0, 0.05) is 6.07 Å². The van der Waals surface area contributed by atoms with Crippen LogP contribution in [0.1, 0.15) is 20.8 Å². The second-order valence-electron chi connectivity index (χ2n) is 4.46. The summed E-state index contributed by atoms with van der Waals surface area (Å²) in [5.74, 6) is -2.31. The van der Waals surface area contributed by atoms with Gasteiger partial charge in [-0.15, -0.1) is 0 Å². The summed E-state index contributed by atoms with van der Waals surface area (Å²) in [6.07, 6.45) is -4.24. The van der Waals surface area contributed by atoms with E-state index in [-0.39, 0.29) is 17.8 Å². The van der Waals surface area contributed by atoms with Crippen LogP contribution in [0, 0.1) is 0 Å². The molecule has 0 saturated carbocycles. The van der Waals surface area contributed by atoms with Gasteiger partial charge >= 0.3 is 12.1 Å². The Morgan fingerprint density at radius 3 is 2.45 bits per heavy atom. The van der Waals surface area contributed by atoms with E-state index in [4.69, 9.17) is 9.84 Å². The molecule has 1 aromatic rings. The highest BCUT2D eigenvalue weighted by Gasteiger charge is 2.57. The smallest absolute Gasteiger partial charge is 0.422 e. The molecule has 1 rings (SSSR count). The molecule has 0 bridgehead atoms. The SMILES string of the molecule is CC(C)Oc1cc(NC(C)(C(=O)O)C(F)(F)F)ncn1. The monoisotopic (exact) mass is 293 g/mol. The van der Waals surface area contributed by atoms with Crippen LogP contribution in [-0.2, 0) is 4.79 Å². The minimum atomic E-state index is -5.00. The quantitative estimate of drug-likeness (QED) is 0.864. The highest BCUT2D eigenvalue weighted by molar-refractivity contribution is 5.83. The average Bonchev–Trinajstić information content (AvgIpc) is 2.26. The second kappa shape index (κ2) is 5.51. The molecule has 0 amide bonds. The lowest BCUT2D eigenvalue weighted by molar-refractivity contribution is -0.192. The number of hydrogen-bond acceptors (Lipinski definition) is 5. The number of carboxylic acids is 1. The predicted molar refractivity (Wildman–Crippen MR) is 63.5 cm³/mol. The molecule has 20 heavy (non-hydrogen) atoms. The molecule has 0 spiro atoms. The van der Waals surface area contributed by atoms with Gasteiger partial charge in [0.05, 0.1) is 6.10 Å². The summed E-state index contributed by atoms with van der Waals surface area (Å²) in [5, 5.41) is 10.6. The van der Waals surface area contributed by atoms with Crippen LogP contribution in [-0.4, -0.2) is 38.9 Å². The van der Waals surface area contributed by atoms with Crippen LogP contribution in [0.5, 0.6) is 5.88 Å². The lowest BCUT2D eigenvalue weighted by Crippen LogP contribution is -2.55. The molecule has 9 heteroatoms. The highest BCUT2D eigenvalue weighted by atomic mass is 19.4. The zero-order chi connectivity index (χ0) is 15.6. The van der Waals surface area contributed by atoms with Crippen molar-refractivity contribution >= 4 is 11.8 Å². The fraction of sp³-hybridized carbons (Fsp3) is 0.545. The first-order valence-electron chi connectivity index (χ1n) is 5.63. The van der Waals surface area contributed by atoms with Crippen molar-refractivity contribution in [1.82, 2.24) is 9.97 Å². The number of nitrogens with zero attached hydrogens (tertiary/aromatic N) is 2. The number of anilines is 1. The lowest BCUT2D eigenvalue weighted by atomic mass is 10.0. The summed E-state index contributed by atoms with van der Waals surface area (Å²) in [6.45, 7) is 3.94. The molecule has 1 unspecified atom stereocenters. The van der Waals surface area contributed by atoms with Crippen molar-refractivity contribution in [2.24, 2.45) is 0 Å². The van der Waals surface area contributed by atoms with E-state index < -0.39 is 17.7 Å². The minimum absolute atomic E-state index is 0.0485. The molecule has 6 nitrogen and oxygen atoms in total. The van der Waals surface area contributed by atoms with Gasteiger partial charge in [-0.3, -0.25) is 0 Å². The van der Waals surface area contributed by atoms with Gasteiger partial charge in [0.25, 0.3) is 0 Å². The van der Waals surface area contributed by atoms with Crippen molar-refractivity contribution in [1.29, 1.82) is 0 Å². The molecule has 0 fully saturated rings. The molecule has 0 radical (unpaired) electrons. The van der Waals surface area contributed by atoms with Gasteiger partial charge in [0.2, 0.25) is 11.4 Å². The van der Waals surface area contributed by atoms with E-state index in [0.717, 1.165) is 12.4 Å². The van der Waals surface area contributed by atoms with E-state index in [1.54, 1.807) is 13.8 Å². The Hall–Kier alpha value is -2.06. The first-order chi connectivity index (χ1) is 9.06. The molecule has 0 aromatic carbocycles. The first kappa shape index (κ1) is 16.0. The van der Waals surface area contributed by atoms with E-state index in [1.807, 2.05) is 5.32 Å². The van der Waals surface area contributed by atoms with Crippen LogP contribution in [0.25, 0.3) is 0 Å². The number of rotatable bonds is 5. The third-order valence-corrected chi connectivity index (χ3v) is 2.37. The van der Waals surface area contributed by atoms with Gasteiger partial charge in [0.1, 0.15) is 12.1 Å². The Bertz CT molecular complexity index is 493. The molecular formula is C11H14F3N3O3. The lowest BCUT2D eigenvalue weighted by Gasteiger charge is -2.29. The third-order valence-electron chi connectivity index (χ3n) is 2.37. The fourth-order valence-corrected chi connectivity index (χ4v) is 1.22. The third kappa shape index (κ3) is 3.49. The van der Waals surface area contributed by atoms with Crippen molar-refractivity contribution in [2.45, 2.75) is 38.6 Å². The van der Waals surface area contributed by atoms with Gasteiger partial charge in [-0.1, -0.05) is 0 Å². The van der Waals surface area contributed by atoms with E-state index >= 15 is 0 Å². The molecular weight excluding hydrogens is 279 g/mol. The predicted octanol–water partition coefficient (Wildman–Crippen LogP) is 2.08. The molecule has 0 aliphatic heterocycles. The Labute approximate surface area is 113 Å². The summed E-state index contributed by atoms with van der Waals surface area (Å²) < 4.78 is 43.7. The fourth-order valence-electron chi connectivity index (χ4n) is 1.22. The molecule has 0 saturated heterocycles. The van der Waals surface area contributed by atoms with Crippen molar-refractivity contribution in [2.75, 3.05) is 5.32 Å². The molecule has 1 atom stereocenters. The van der Waals surface area contributed by atoms with Crippen LogP contribution < -0.4 is 10.1 Å². The van der Waals surface area contributed by atoms with Crippen molar-refractivity contribution in [3.05, 3.63) is 12.4 Å². The molecule has 1 aromatic heterocycles. The zero-order valence-corrected chi connectivity index (χ0v) is 11.0. The Balaban J connectivity index is 3.04. The second-order valence-corrected chi connectivity index (χ2v) is 4.46. The van der Waals surface area contributed by atoms with Gasteiger partial charge in [-0.05, 0) is 20.8 Å². The van der Waals surface area contributed by atoms with Crippen LogP contribution in [0.15, 0.2) is 12.4 Å². The maximum Gasteiger partial charge on any atom is 0.422 e. The number of carbonyl (C=O) groups is 1. The van der Waals surface area contributed by atoms with E-state index in [2.05, 4.69) is 9.97 Å². The van der Waals surface area contributed by atoms with Crippen molar-refractivity contribution < 1.29 is 27.8 Å². The molecule has 0 aliphatic rings. The van der Waals surface area contributed by atoms with Gasteiger partial charge in [-0.2, -0.15) is 13.2 Å². The van der Waals surface area contributed by atoms with Crippen molar-refractivity contribution in [3.63, 3.8) is 0 Å². The van der Waals surface area contributed by atoms with Crippen LogP contribution in [0.3, 0.4) is 0 Å². The summed E-state index contributed by atoms with van der Waals surface area (Å²) in [4.78, 5) is 18.2. The first-order valence-corrected chi connectivity index (χ1v) is 5.63. The topological polar surface area (TPSA) is 84.3 Å². The molecule has 0 aliphatic carbocycles. The van der Waals surface area contributed by atoms with Crippen LogP contribution in [0.4, 0.5) is 19.0 Å². The number of aromatic nitrogens is 2.